The highest BCUT2D eigenvalue weighted by Gasteiger charge is 2.10. The summed E-state index contributed by atoms with van der Waals surface area (Å²) < 4.78 is 4.76. The fraction of sp³-hybridized carbons (Fsp3) is 0.556. The van der Waals surface area contributed by atoms with Crippen LogP contribution in [0.5, 0.6) is 0 Å². The highest BCUT2D eigenvalue weighted by Crippen LogP contribution is 2.00. The van der Waals surface area contributed by atoms with Crippen LogP contribution in [-0.4, -0.2) is 23.1 Å². The van der Waals surface area contributed by atoms with Gasteiger partial charge >= 0.3 is 11.9 Å². The van der Waals surface area contributed by atoms with E-state index < -0.39 is 18.0 Å². The van der Waals surface area contributed by atoms with E-state index in [1.807, 2.05) is 0 Å². The quantitative estimate of drug-likeness (QED) is 0.507. The molecule has 0 bridgehead atoms. The molecule has 0 aliphatic rings. The van der Waals surface area contributed by atoms with Crippen molar-refractivity contribution in [2.75, 3.05) is 0 Å². The Morgan fingerprint density at radius 2 is 2.15 bits per heavy atom. The molecule has 1 unspecified atom stereocenters. The molecule has 1 atom stereocenters. The molecule has 0 heterocycles. The summed E-state index contributed by atoms with van der Waals surface area (Å²) in [7, 11) is 0. The molecule has 0 aromatic heterocycles. The Bertz CT molecular complexity index is 226. The molecule has 0 aliphatic carbocycles. The van der Waals surface area contributed by atoms with E-state index in [-0.39, 0.29) is 12.8 Å². The lowest BCUT2D eigenvalue weighted by atomic mass is 10.3. The summed E-state index contributed by atoms with van der Waals surface area (Å²) in [4.78, 5) is 21.0. The van der Waals surface area contributed by atoms with Gasteiger partial charge in [-0.1, -0.05) is 12.8 Å². The third-order valence-corrected chi connectivity index (χ3v) is 1.37. The van der Waals surface area contributed by atoms with E-state index >= 15 is 0 Å². The molecular weight excluding hydrogens is 172 g/mol. The maximum absolute atomic E-state index is 10.9. The molecule has 0 saturated heterocycles. The summed E-state index contributed by atoms with van der Waals surface area (Å²) in [5, 5.41) is 8.26. The molecule has 13 heavy (non-hydrogen) atoms. The van der Waals surface area contributed by atoms with Crippen LogP contribution in [-0.2, 0) is 14.3 Å². The van der Waals surface area contributed by atoms with E-state index in [0.29, 0.717) is 6.42 Å². The van der Waals surface area contributed by atoms with Crippen molar-refractivity contribution in [3.05, 3.63) is 0 Å². The smallest absolute Gasteiger partial charge is 0.307 e. The zero-order chi connectivity index (χ0) is 10.3. The Morgan fingerprint density at radius 3 is 2.54 bits per heavy atom. The predicted octanol–water partition coefficient (Wildman–Crippen LogP) is 0.806. The van der Waals surface area contributed by atoms with Crippen molar-refractivity contribution >= 4 is 11.9 Å². The zero-order valence-electron chi connectivity index (χ0n) is 7.45. The van der Waals surface area contributed by atoms with Crippen LogP contribution in [0.2, 0.25) is 0 Å². The Morgan fingerprint density at radius 1 is 1.54 bits per heavy atom. The molecule has 0 aromatic rings. The van der Waals surface area contributed by atoms with Crippen LogP contribution < -0.4 is 0 Å². The Hall–Kier alpha value is -1.50. The summed E-state index contributed by atoms with van der Waals surface area (Å²) in [6, 6.07) is 0. The molecule has 0 fully saturated rings. The van der Waals surface area contributed by atoms with Gasteiger partial charge in [0.15, 0.2) is 6.10 Å². The SMILES string of the molecule is C#CC(CC)OC(=O)CCC(=O)O. The van der Waals surface area contributed by atoms with Crippen molar-refractivity contribution in [1.82, 2.24) is 0 Å². The molecule has 72 valence electrons. The first-order chi connectivity index (χ1) is 6.10. The molecule has 4 heteroatoms. The summed E-state index contributed by atoms with van der Waals surface area (Å²) in [5.74, 6) is 0.695. The van der Waals surface area contributed by atoms with E-state index in [9.17, 15) is 9.59 Å². The van der Waals surface area contributed by atoms with E-state index in [0.717, 1.165) is 0 Å². The molecule has 0 spiro atoms. The fourth-order valence-electron chi connectivity index (χ4n) is 0.662. The van der Waals surface area contributed by atoms with Gasteiger partial charge in [0, 0.05) is 0 Å². The maximum atomic E-state index is 10.9. The Balaban J connectivity index is 3.74. The first kappa shape index (κ1) is 11.5. The minimum atomic E-state index is -1.02. The van der Waals surface area contributed by atoms with Gasteiger partial charge in [-0.3, -0.25) is 9.59 Å². The van der Waals surface area contributed by atoms with Crippen LogP contribution in [0.1, 0.15) is 26.2 Å². The number of ether oxygens (including phenoxy) is 1. The standard InChI is InChI=1S/C9H12O4/c1-3-7(4-2)13-9(12)6-5-8(10)11/h1,7H,4-6H2,2H3,(H,10,11). The van der Waals surface area contributed by atoms with Crippen LogP contribution in [0.15, 0.2) is 0 Å². The van der Waals surface area contributed by atoms with Crippen LogP contribution in [0, 0.1) is 12.3 Å². The van der Waals surface area contributed by atoms with E-state index in [1.54, 1.807) is 6.92 Å². The molecule has 0 aliphatic heterocycles. The van der Waals surface area contributed by atoms with Gasteiger partial charge in [-0.05, 0) is 6.42 Å². The lowest BCUT2D eigenvalue weighted by Gasteiger charge is -2.08. The number of carboxylic acids is 1. The topological polar surface area (TPSA) is 63.6 Å². The molecular formula is C9H12O4. The highest BCUT2D eigenvalue weighted by atomic mass is 16.5. The number of esters is 1. The molecule has 0 rings (SSSR count). The van der Waals surface area contributed by atoms with Gasteiger partial charge in [0.1, 0.15) is 0 Å². The van der Waals surface area contributed by atoms with Gasteiger partial charge in [0.25, 0.3) is 0 Å². The van der Waals surface area contributed by atoms with Gasteiger partial charge in [-0.15, -0.1) is 6.42 Å². The average molecular weight is 184 g/mol. The number of hydrogen-bond donors (Lipinski definition) is 1. The lowest BCUT2D eigenvalue weighted by molar-refractivity contribution is -0.150. The monoisotopic (exact) mass is 184 g/mol. The third kappa shape index (κ3) is 5.74. The normalized spacial score (nSPS) is 11.4. The molecule has 1 N–H and O–H groups in total. The first-order valence-corrected chi connectivity index (χ1v) is 3.97. The Labute approximate surface area is 76.9 Å². The molecule has 0 radical (unpaired) electrons. The highest BCUT2D eigenvalue weighted by molar-refractivity contribution is 5.76. The number of rotatable bonds is 5. The van der Waals surface area contributed by atoms with Crippen molar-refractivity contribution < 1.29 is 19.4 Å². The van der Waals surface area contributed by atoms with Crippen molar-refractivity contribution in [2.24, 2.45) is 0 Å². The van der Waals surface area contributed by atoms with Gasteiger partial charge in [-0.25, -0.2) is 0 Å². The van der Waals surface area contributed by atoms with E-state index in [2.05, 4.69) is 5.92 Å². The number of hydrogen-bond acceptors (Lipinski definition) is 3. The minimum Gasteiger partial charge on any atom is -0.481 e. The van der Waals surface area contributed by atoms with Crippen molar-refractivity contribution in [2.45, 2.75) is 32.3 Å². The van der Waals surface area contributed by atoms with E-state index in [4.69, 9.17) is 16.3 Å². The lowest BCUT2D eigenvalue weighted by Crippen LogP contribution is -2.16. The molecule has 4 nitrogen and oxygen atoms in total. The number of terminal acetylenes is 1. The van der Waals surface area contributed by atoms with Crippen LogP contribution in [0.3, 0.4) is 0 Å². The van der Waals surface area contributed by atoms with Crippen LogP contribution in [0.25, 0.3) is 0 Å². The summed E-state index contributed by atoms with van der Waals surface area (Å²) in [6.07, 6.45) is 4.69. The van der Waals surface area contributed by atoms with Gasteiger partial charge < -0.3 is 9.84 Å². The molecule has 0 amide bonds. The second kappa shape index (κ2) is 6.06. The maximum Gasteiger partial charge on any atom is 0.307 e. The van der Waals surface area contributed by atoms with Crippen molar-refractivity contribution in [3.8, 4) is 12.3 Å². The minimum absolute atomic E-state index is 0.131. The van der Waals surface area contributed by atoms with Crippen molar-refractivity contribution in [1.29, 1.82) is 0 Å². The molecule has 0 aromatic carbocycles. The second-order valence-electron chi connectivity index (χ2n) is 2.45. The first-order valence-electron chi connectivity index (χ1n) is 3.97. The number of carboxylic acid groups (broad SMARTS) is 1. The summed E-state index contributed by atoms with van der Waals surface area (Å²) in [6.45, 7) is 1.79. The largest absolute Gasteiger partial charge is 0.481 e. The summed E-state index contributed by atoms with van der Waals surface area (Å²) >= 11 is 0. The predicted molar refractivity (Wildman–Crippen MR) is 45.9 cm³/mol. The van der Waals surface area contributed by atoms with Gasteiger partial charge in [-0.2, -0.15) is 0 Å². The van der Waals surface area contributed by atoms with E-state index in [1.165, 1.54) is 0 Å². The fourth-order valence-corrected chi connectivity index (χ4v) is 0.662. The van der Waals surface area contributed by atoms with Gasteiger partial charge in [0.05, 0.1) is 12.8 Å². The van der Waals surface area contributed by atoms with Crippen LogP contribution >= 0.6 is 0 Å². The number of carbonyl (C=O) groups excluding carboxylic acids is 1. The average Bonchev–Trinajstić information content (AvgIpc) is 2.10. The number of carbonyl (C=O) groups is 2. The van der Waals surface area contributed by atoms with Crippen LogP contribution in [0.4, 0.5) is 0 Å². The molecule has 0 saturated carbocycles. The second-order valence-corrected chi connectivity index (χ2v) is 2.45. The van der Waals surface area contributed by atoms with Crippen molar-refractivity contribution in [3.63, 3.8) is 0 Å². The zero-order valence-corrected chi connectivity index (χ0v) is 7.45. The number of aliphatic carboxylic acids is 1. The summed E-state index contributed by atoms with van der Waals surface area (Å²) in [5.41, 5.74) is 0. The third-order valence-electron chi connectivity index (χ3n) is 1.37. The Kier molecular flexibility index (Phi) is 5.37. The van der Waals surface area contributed by atoms with Gasteiger partial charge in [0.2, 0.25) is 0 Å².